The monoisotopic (exact) mass is 804 g/mol. The minimum absolute atomic E-state index is 0.197. The number of carbonyl (C=O) groups excluding carboxylic acids is 1. The molecule has 0 spiro atoms. The number of hydrogen-bond acceptors (Lipinski definition) is 8. The molecular weight excluding hydrogens is 719 g/mol. The zero-order chi connectivity index (χ0) is 41.6. The third-order valence-electron chi connectivity index (χ3n) is 10.6. The van der Waals surface area contributed by atoms with E-state index in [9.17, 15) is 30.3 Å². The second-order valence-electron chi connectivity index (χ2n) is 15.8. The van der Waals surface area contributed by atoms with Crippen molar-refractivity contribution < 1.29 is 39.8 Å². The number of rotatable bonds is 37. The van der Waals surface area contributed by atoms with Crippen LogP contribution in [-0.4, -0.2) is 87.5 Å². The van der Waals surface area contributed by atoms with Gasteiger partial charge in [0.25, 0.3) is 0 Å². The Morgan fingerprint density at radius 2 is 1.12 bits per heavy atom. The van der Waals surface area contributed by atoms with Gasteiger partial charge in [0.05, 0.1) is 25.4 Å². The van der Waals surface area contributed by atoms with Crippen molar-refractivity contribution >= 4 is 5.91 Å². The van der Waals surface area contributed by atoms with E-state index < -0.39 is 49.5 Å². The van der Waals surface area contributed by atoms with Crippen LogP contribution < -0.4 is 5.32 Å². The van der Waals surface area contributed by atoms with Gasteiger partial charge in [-0.2, -0.15) is 0 Å². The van der Waals surface area contributed by atoms with Gasteiger partial charge in [-0.15, -0.1) is 0 Å². The van der Waals surface area contributed by atoms with Crippen molar-refractivity contribution in [3.8, 4) is 0 Å². The molecule has 0 aromatic carbocycles. The van der Waals surface area contributed by atoms with Crippen LogP contribution in [0.15, 0.2) is 60.8 Å². The molecule has 6 N–H and O–H groups in total. The summed E-state index contributed by atoms with van der Waals surface area (Å²) in [6.07, 6.45) is 43.0. The molecule has 1 aliphatic rings. The fourth-order valence-corrected chi connectivity index (χ4v) is 6.93. The molecule has 1 fully saturated rings. The summed E-state index contributed by atoms with van der Waals surface area (Å²) in [7, 11) is 0. The lowest BCUT2D eigenvalue weighted by Crippen LogP contribution is -2.60. The Labute approximate surface area is 347 Å². The maximum Gasteiger partial charge on any atom is 0.220 e. The summed E-state index contributed by atoms with van der Waals surface area (Å²) in [6.45, 7) is 3.49. The fraction of sp³-hybridized carbons (Fsp3) is 0.771. The Morgan fingerprint density at radius 1 is 0.632 bits per heavy atom. The predicted molar refractivity (Wildman–Crippen MR) is 235 cm³/mol. The standard InChI is InChI=1S/C48H85NO8/c1-3-5-7-9-11-13-14-15-16-17-18-19-20-21-22-23-24-25-26-27-28-30-32-34-36-38-44(52)49-41(42(51)37-35-33-31-29-12-10-8-6-4-2)40-56-48-47(55)46(54)45(53)43(39-50)57-48/h4,6,12,14-15,17-18,29,35,37,41-43,45-48,50-51,53-55H,3,5,7-11,13,16,19-28,30-34,36,38-40H2,1-2H3,(H,49,52)/b6-4+,15-14-,18-17-,29-12+,37-35+. The van der Waals surface area contributed by atoms with Gasteiger partial charge in [-0.05, 0) is 71.1 Å². The average molecular weight is 804 g/mol. The fourth-order valence-electron chi connectivity index (χ4n) is 6.93. The summed E-state index contributed by atoms with van der Waals surface area (Å²) in [5.41, 5.74) is 0. The van der Waals surface area contributed by atoms with E-state index in [1.165, 1.54) is 109 Å². The van der Waals surface area contributed by atoms with Crippen molar-refractivity contribution in [1.29, 1.82) is 0 Å². The van der Waals surface area contributed by atoms with E-state index in [2.05, 4.69) is 54.8 Å². The highest BCUT2D eigenvalue weighted by Crippen LogP contribution is 2.22. The molecule has 7 atom stereocenters. The Bertz CT molecular complexity index is 1070. The van der Waals surface area contributed by atoms with Gasteiger partial charge in [-0.25, -0.2) is 0 Å². The van der Waals surface area contributed by atoms with Crippen LogP contribution in [0.4, 0.5) is 0 Å². The first-order valence-electron chi connectivity index (χ1n) is 23.0. The number of allylic oxidation sites excluding steroid dienone is 9. The van der Waals surface area contributed by atoms with Crippen LogP contribution in [0.5, 0.6) is 0 Å². The van der Waals surface area contributed by atoms with Crippen LogP contribution in [0.3, 0.4) is 0 Å². The molecule has 1 aliphatic heterocycles. The number of unbranched alkanes of at least 4 members (excludes halogenated alkanes) is 20. The molecule has 0 aromatic rings. The highest BCUT2D eigenvalue weighted by atomic mass is 16.7. The first kappa shape index (κ1) is 52.9. The van der Waals surface area contributed by atoms with E-state index in [-0.39, 0.29) is 12.5 Å². The second-order valence-corrected chi connectivity index (χ2v) is 15.8. The largest absolute Gasteiger partial charge is 0.394 e. The molecule has 1 rings (SSSR count). The zero-order valence-corrected chi connectivity index (χ0v) is 36.1. The third kappa shape index (κ3) is 28.9. The van der Waals surface area contributed by atoms with Gasteiger partial charge in [0.1, 0.15) is 24.4 Å². The van der Waals surface area contributed by atoms with Crippen LogP contribution in [0, 0.1) is 0 Å². The highest BCUT2D eigenvalue weighted by molar-refractivity contribution is 5.76. The summed E-state index contributed by atoms with van der Waals surface area (Å²) < 4.78 is 11.1. The lowest BCUT2D eigenvalue weighted by molar-refractivity contribution is -0.302. The van der Waals surface area contributed by atoms with Crippen molar-refractivity contribution in [3.05, 3.63) is 60.8 Å². The topological polar surface area (TPSA) is 149 Å². The summed E-state index contributed by atoms with van der Waals surface area (Å²) in [5.74, 6) is -0.197. The maximum atomic E-state index is 12.9. The third-order valence-corrected chi connectivity index (χ3v) is 10.6. The SMILES string of the molecule is C/C=C/CC/C=C/CC/C=C/C(O)C(COC1OC(CO)C(O)C(O)C1O)NC(=O)CCCCCCCCCCCCCCC/C=C\C/C=C\CCCCCCC. The lowest BCUT2D eigenvalue weighted by atomic mass is 9.99. The molecule has 1 heterocycles. The molecule has 0 saturated carbocycles. The summed E-state index contributed by atoms with van der Waals surface area (Å²) in [6, 6.07) is -0.827. The predicted octanol–water partition coefficient (Wildman–Crippen LogP) is 9.61. The van der Waals surface area contributed by atoms with E-state index in [0.29, 0.717) is 6.42 Å². The highest BCUT2D eigenvalue weighted by Gasteiger charge is 2.44. The number of nitrogens with one attached hydrogen (secondary N) is 1. The van der Waals surface area contributed by atoms with Crippen LogP contribution >= 0.6 is 0 Å². The molecule has 0 aliphatic carbocycles. The first-order valence-corrected chi connectivity index (χ1v) is 23.0. The Morgan fingerprint density at radius 3 is 1.67 bits per heavy atom. The van der Waals surface area contributed by atoms with Crippen molar-refractivity contribution in [2.24, 2.45) is 0 Å². The van der Waals surface area contributed by atoms with Gasteiger partial charge < -0.3 is 40.3 Å². The molecule has 330 valence electrons. The average Bonchev–Trinajstić information content (AvgIpc) is 3.21. The smallest absolute Gasteiger partial charge is 0.220 e. The van der Waals surface area contributed by atoms with E-state index in [4.69, 9.17) is 9.47 Å². The minimum atomic E-state index is -1.57. The van der Waals surface area contributed by atoms with Gasteiger partial charge in [-0.1, -0.05) is 164 Å². The van der Waals surface area contributed by atoms with Gasteiger partial charge >= 0.3 is 0 Å². The molecule has 0 aromatic heterocycles. The molecule has 7 unspecified atom stereocenters. The summed E-state index contributed by atoms with van der Waals surface area (Å²) in [4.78, 5) is 12.9. The zero-order valence-electron chi connectivity index (χ0n) is 36.1. The maximum absolute atomic E-state index is 12.9. The van der Waals surface area contributed by atoms with Crippen molar-refractivity contribution in [2.45, 2.75) is 224 Å². The molecule has 9 heteroatoms. The first-order chi connectivity index (χ1) is 27.8. The van der Waals surface area contributed by atoms with Crippen LogP contribution in [0.25, 0.3) is 0 Å². The Hall–Kier alpha value is -2.11. The minimum Gasteiger partial charge on any atom is -0.394 e. The van der Waals surface area contributed by atoms with E-state index >= 15 is 0 Å². The van der Waals surface area contributed by atoms with Gasteiger partial charge in [-0.3, -0.25) is 4.79 Å². The molecule has 1 amide bonds. The quantitative estimate of drug-likeness (QED) is 0.0269. The number of ether oxygens (including phenoxy) is 2. The molecule has 0 radical (unpaired) electrons. The van der Waals surface area contributed by atoms with Crippen LogP contribution in [0.1, 0.15) is 181 Å². The number of carbonyl (C=O) groups is 1. The number of amides is 1. The Balaban J connectivity index is 2.23. The summed E-state index contributed by atoms with van der Waals surface area (Å²) in [5, 5.41) is 53.9. The summed E-state index contributed by atoms with van der Waals surface area (Å²) >= 11 is 0. The van der Waals surface area contributed by atoms with E-state index in [1.54, 1.807) is 6.08 Å². The Kier molecular flexibility index (Phi) is 35.4. The molecule has 1 saturated heterocycles. The molecule has 57 heavy (non-hydrogen) atoms. The van der Waals surface area contributed by atoms with Crippen molar-refractivity contribution in [3.63, 3.8) is 0 Å². The number of aliphatic hydroxyl groups excluding tert-OH is 5. The van der Waals surface area contributed by atoms with Gasteiger partial charge in [0, 0.05) is 6.42 Å². The normalized spacial score (nSPS) is 21.6. The second kappa shape index (κ2) is 38.1. The van der Waals surface area contributed by atoms with Crippen molar-refractivity contribution in [2.75, 3.05) is 13.2 Å². The number of aliphatic hydroxyl groups is 5. The van der Waals surface area contributed by atoms with Crippen LogP contribution in [-0.2, 0) is 14.3 Å². The van der Waals surface area contributed by atoms with E-state index in [0.717, 1.165) is 51.4 Å². The molecular formula is C48H85NO8. The molecule has 9 nitrogen and oxygen atoms in total. The van der Waals surface area contributed by atoms with E-state index in [1.807, 2.05) is 19.1 Å². The number of hydrogen-bond donors (Lipinski definition) is 6. The van der Waals surface area contributed by atoms with Gasteiger partial charge in [0.2, 0.25) is 5.91 Å². The van der Waals surface area contributed by atoms with Crippen LogP contribution in [0.2, 0.25) is 0 Å². The van der Waals surface area contributed by atoms with Crippen molar-refractivity contribution in [1.82, 2.24) is 5.32 Å². The van der Waals surface area contributed by atoms with Gasteiger partial charge in [0.15, 0.2) is 6.29 Å². The lowest BCUT2D eigenvalue weighted by Gasteiger charge is -2.40. The molecule has 0 bridgehead atoms.